The van der Waals surface area contributed by atoms with Crippen LogP contribution in [0.5, 0.6) is 5.75 Å². The molecule has 5 nitrogen and oxygen atoms in total. The molecule has 1 aromatic heterocycles. The number of fused-ring (bicyclic) bond motifs is 1. The third-order valence-corrected chi connectivity index (χ3v) is 5.83. The number of hydrogen-bond acceptors (Lipinski definition) is 5. The van der Waals surface area contributed by atoms with Crippen molar-refractivity contribution in [1.82, 2.24) is 0 Å². The third kappa shape index (κ3) is 3.25. The SMILES string of the molecule is Cc1sccc1CC(=O)N1CCOc2ccc(S(C)(=O)=O)cc21. The number of carbonyl (C=O) groups is 1. The number of hydrogen-bond donors (Lipinski definition) is 0. The van der Waals surface area contributed by atoms with E-state index in [4.69, 9.17) is 4.74 Å². The Balaban J connectivity index is 1.94. The van der Waals surface area contributed by atoms with Crippen molar-refractivity contribution >= 4 is 32.8 Å². The average Bonchev–Trinajstić information content (AvgIpc) is 2.90. The molecule has 0 fully saturated rings. The van der Waals surface area contributed by atoms with Crippen LogP contribution in [-0.2, 0) is 21.1 Å². The summed E-state index contributed by atoms with van der Waals surface area (Å²) in [6.07, 6.45) is 1.46. The predicted octanol–water partition coefficient (Wildman–Crippen LogP) is 2.43. The van der Waals surface area contributed by atoms with E-state index in [1.54, 1.807) is 22.3 Å². The van der Waals surface area contributed by atoms with Crippen LogP contribution in [0.2, 0.25) is 0 Å². The molecule has 0 N–H and O–H groups in total. The maximum absolute atomic E-state index is 12.7. The van der Waals surface area contributed by atoms with Crippen molar-refractivity contribution in [3.8, 4) is 5.75 Å². The van der Waals surface area contributed by atoms with E-state index in [2.05, 4.69) is 0 Å². The van der Waals surface area contributed by atoms with Crippen LogP contribution < -0.4 is 9.64 Å². The smallest absolute Gasteiger partial charge is 0.231 e. The highest BCUT2D eigenvalue weighted by Gasteiger charge is 2.25. The van der Waals surface area contributed by atoms with Gasteiger partial charge in [-0.3, -0.25) is 4.79 Å². The quantitative estimate of drug-likeness (QED) is 0.852. The average molecular weight is 351 g/mol. The topological polar surface area (TPSA) is 63.7 Å². The molecule has 1 amide bonds. The summed E-state index contributed by atoms with van der Waals surface area (Å²) >= 11 is 1.61. The lowest BCUT2D eigenvalue weighted by atomic mass is 10.1. The van der Waals surface area contributed by atoms with Crippen molar-refractivity contribution in [2.24, 2.45) is 0 Å². The number of rotatable bonds is 3. The Bertz CT molecular complexity index is 855. The van der Waals surface area contributed by atoms with E-state index in [-0.39, 0.29) is 10.8 Å². The van der Waals surface area contributed by atoms with Crippen LogP contribution in [-0.4, -0.2) is 33.7 Å². The summed E-state index contributed by atoms with van der Waals surface area (Å²) < 4.78 is 29.1. The monoisotopic (exact) mass is 351 g/mol. The third-order valence-electron chi connectivity index (χ3n) is 3.83. The van der Waals surface area contributed by atoms with Gasteiger partial charge in [0.15, 0.2) is 9.84 Å². The number of amides is 1. The van der Waals surface area contributed by atoms with Gasteiger partial charge in [0.1, 0.15) is 12.4 Å². The first-order chi connectivity index (χ1) is 10.9. The van der Waals surface area contributed by atoms with E-state index in [1.807, 2.05) is 18.4 Å². The summed E-state index contributed by atoms with van der Waals surface area (Å²) in [7, 11) is -3.33. The lowest BCUT2D eigenvalue weighted by molar-refractivity contribution is -0.118. The first-order valence-corrected chi connectivity index (χ1v) is 9.93. The molecule has 0 saturated carbocycles. The largest absolute Gasteiger partial charge is 0.490 e. The van der Waals surface area contributed by atoms with E-state index in [0.29, 0.717) is 31.0 Å². The van der Waals surface area contributed by atoms with Crippen molar-refractivity contribution in [3.05, 3.63) is 40.1 Å². The Labute approximate surface area is 139 Å². The minimum absolute atomic E-state index is 0.0540. The predicted molar refractivity (Wildman–Crippen MR) is 90.2 cm³/mol. The van der Waals surface area contributed by atoms with Gasteiger partial charge in [0.05, 0.1) is 23.5 Å². The molecule has 1 aliphatic rings. The molecule has 7 heteroatoms. The summed E-state index contributed by atoms with van der Waals surface area (Å²) in [5.74, 6) is 0.487. The molecule has 0 spiro atoms. The Kier molecular flexibility index (Phi) is 4.16. The van der Waals surface area contributed by atoms with Crippen LogP contribution in [0.15, 0.2) is 34.5 Å². The Morgan fingerprint density at radius 3 is 2.78 bits per heavy atom. The van der Waals surface area contributed by atoms with Gasteiger partial charge in [-0.1, -0.05) is 0 Å². The standard InChI is InChI=1S/C16H17NO4S2/c1-11-12(5-8-22-11)9-16(18)17-6-7-21-15-4-3-13(10-14(15)17)23(2,19)20/h3-5,8,10H,6-7,9H2,1-2H3. The number of nitrogens with zero attached hydrogens (tertiary/aromatic N) is 1. The lowest BCUT2D eigenvalue weighted by Crippen LogP contribution is -2.39. The summed E-state index contributed by atoms with van der Waals surface area (Å²) in [6, 6.07) is 6.58. The van der Waals surface area contributed by atoms with Crippen LogP contribution in [0.1, 0.15) is 10.4 Å². The highest BCUT2D eigenvalue weighted by molar-refractivity contribution is 7.90. The van der Waals surface area contributed by atoms with Crippen molar-refractivity contribution in [2.75, 3.05) is 24.3 Å². The van der Waals surface area contributed by atoms with Gasteiger partial charge in [0.2, 0.25) is 5.91 Å². The number of anilines is 1. The van der Waals surface area contributed by atoms with Gasteiger partial charge in [-0.2, -0.15) is 0 Å². The van der Waals surface area contributed by atoms with E-state index >= 15 is 0 Å². The minimum atomic E-state index is -3.33. The molecule has 0 aliphatic carbocycles. The molecule has 23 heavy (non-hydrogen) atoms. The number of thiophene rings is 1. The van der Waals surface area contributed by atoms with E-state index in [0.717, 1.165) is 16.7 Å². The van der Waals surface area contributed by atoms with E-state index in [9.17, 15) is 13.2 Å². The first-order valence-electron chi connectivity index (χ1n) is 7.16. The molecular formula is C16H17NO4S2. The molecule has 0 bridgehead atoms. The van der Waals surface area contributed by atoms with Gasteiger partial charge in [-0.05, 0) is 42.1 Å². The normalized spacial score (nSPS) is 14.3. The minimum Gasteiger partial charge on any atom is -0.490 e. The molecule has 2 aromatic rings. The van der Waals surface area contributed by atoms with Crippen molar-refractivity contribution < 1.29 is 17.9 Å². The van der Waals surface area contributed by atoms with Gasteiger partial charge in [0.25, 0.3) is 0 Å². The molecule has 1 aliphatic heterocycles. The first kappa shape index (κ1) is 16.0. The summed E-state index contributed by atoms with van der Waals surface area (Å²) in [5, 5.41) is 1.97. The van der Waals surface area contributed by atoms with Gasteiger partial charge in [-0.25, -0.2) is 8.42 Å². The summed E-state index contributed by atoms with van der Waals surface area (Å²) in [5.41, 5.74) is 1.53. The fourth-order valence-electron chi connectivity index (χ4n) is 2.54. The highest BCUT2D eigenvalue weighted by atomic mass is 32.2. The van der Waals surface area contributed by atoms with Crippen LogP contribution in [0.3, 0.4) is 0 Å². The maximum Gasteiger partial charge on any atom is 0.231 e. The molecule has 1 aromatic carbocycles. The zero-order chi connectivity index (χ0) is 16.6. The van der Waals surface area contributed by atoms with Gasteiger partial charge >= 0.3 is 0 Å². The van der Waals surface area contributed by atoms with Gasteiger partial charge in [0, 0.05) is 11.1 Å². The fraction of sp³-hybridized carbons (Fsp3) is 0.312. The zero-order valence-electron chi connectivity index (χ0n) is 12.9. The highest BCUT2D eigenvalue weighted by Crippen LogP contribution is 2.34. The molecule has 0 saturated heterocycles. The van der Waals surface area contributed by atoms with E-state index < -0.39 is 9.84 Å². The number of sulfone groups is 1. The second kappa shape index (κ2) is 5.98. The van der Waals surface area contributed by atoms with Crippen molar-refractivity contribution in [3.63, 3.8) is 0 Å². The Morgan fingerprint density at radius 2 is 2.13 bits per heavy atom. The molecule has 0 unspecified atom stereocenters. The van der Waals surface area contributed by atoms with Gasteiger partial charge in [-0.15, -0.1) is 11.3 Å². The fourth-order valence-corrected chi connectivity index (χ4v) is 3.91. The van der Waals surface area contributed by atoms with Crippen molar-refractivity contribution in [1.29, 1.82) is 0 Å². The second-order valence-corrected chi connectivity index (χ2v) is 8.61. The van der Waals surface area contributed by atoms with Crippen LogP contribution in [0.25, 0.3) is 0 Å². The lowest BCUT2D eigenvalue weighted by Gasteiger charge is -2.30. The second-order valence-electron chi connectivity index (χ2n) is 5.47. The molecule has 122 valence electrons. The van der Waals surface area contributed by atoms with Crippen LogP contribution in [0, 0.1) is 6.92 Å². The number of ether oxygens (including phenoxy) is 1. The zero-order valence-corrected chi connectivity index (χ0v) is 14.5. The van der Waals surface area contributed by atoms with Crippen molar-refractivity contribution in [2.45, 2.75) is 18.2 Å². The number of carbonyl (C=O) groups excluding carboxylic acids is 1. The number of benzene rings is 1. The van der Waals surface area contributed by atoms with E-state index in [1.165, 1.54) is 12.1 Å². The Morgan fingerprint density at radius 1 is 1.35 bits per heavy atom. The maximum atomic E-state index is 12.7. The summed E-state index contributed by atoms with van der Waals surface area (Å²) in [4.78, 5) is 15.6. The molecule has 3 rings (SSSR count). The number of aryl methyl sites for hydroxylation is 1. The van der Waals surface area contributed by atoms with Crippen LogP contribution >= 0.6 is 11.3 Å². The molecule has 0 radical (unpaired) electrons. The van der Waals surface area contributed by atoms with Crippen LogP contribution in [0.4, 0.5) is 5.69 Å². The molecule has 2 heterocycles. The molecule has 0 atom stereocenters. The molecular weight excluding hydrogens is 334 g/mol. The summed E-state index contributed by atoms with van der Waals surface area (Å²) in [6.45, 7) is 2.81. The van der Waals surface area contributed by atoms with Gasteiger partial charge < -0.3 is 9.64 Å². The Hall–Kier alpha value is -1.86.